The second kappa shape index (κ2) is 10.5. The molecule has 0 saturated carbocycles. The summed E-state index contributed by atoms with van der Waals surface area (Å²) < 4.78 is 0. The maximum atomic E-state index is 4.62. The van der Waals surface area contributed by atoms with Crippen LogP contribution < -0.4 is 10.6 Å². The third kappa shape index (κ3) is 7.97. The molecule has 0 fully saturated rings. The molecule has 0 aliphatic rings. The molecule has 0 radical (unpaired) electrons. The SMILES string of the molecule is CCNC(=NCc1ccc(CN(C)C)cc1)NCCSC. The van der Waals surface area contributed by atoms with E-state index in [4.69, 9.17) is 0 Å². The third-order valence-corrected chi connectivity index (χ3v) is 3.50. The zero-order valence-electron chi connectivity index (χ0n) is 13.6. The normalized spacial score (nSPS) is 11.8. The maximum Gasteiger partial charge on any atom is 0.191 e. The Labute approximate surface area is 133 Å². The molecular weight excluding hydrogens is 280 g/mol. The number of thioether (sulfide) groups is 1. The van der Waals surface area contributed by atoms with Crippen LogP contribution in [-0.2, 0) is 13.1 Å². The summed E-state index contributed by atoms with van der Waals surface area (Å²) in [6.45, 7) is 5.59. The van der Waals surface area contributed by atoms with Gasteiger partial charge in [0.1, 0.15) is 0 Å². The molecule has 5 heteroatoms. The molecule has 0 saturated heterocycles. The molecule has 0 spiro atoms. The maximum absolute atomic E-state index is 4.62. The molecule has 0 aliphatic heterocycles. The van der Waals surface area contributed by atoms with E-state index < -0.39 is 0 Å². The van der Waals surface area contributed by atoms with Crippen molar-refractivity contribution in [3.8, 4) is 0 Å². The fourth-order valence-corrected chi connectivity index (χ4v) is 2.21. The van der Waals surface area contributed by atoms with Crippen molar-refractivity contribution < 1.29 is 0 Å². The lowest BCUT2D eigenvalue weighted by atomic mass is 10.1. The van der Waals surface area contributed by atoms with Gasteiger partial charge < -0.3 is 15.5 Å². The van der Waals surface area contributed by atoms with Crippen LogP contribution in [0.3, 0.4) is 0 Å². The highest BCUT2D eigenvalue weighted by atomic mass is 32.2. The van der Waals surface area contributed by atoms with Crippen LogP contribution in [0.25, 0.3) is 0 Å². The summed E-state index contributed by atoms with van der Waals surface area (Å²) in [6.07, 6.45) is 2.11. The predicted octanol–water partition coefficient (Wildman–Crippen LogP) is 2.17. The Morgan fingerprint density at radius 2 is 1.81 bits per heavy atom. The van der Waals surface area contributed by atoms with E-state index >= 15 is 0 Å². The Bertz CT molecular complexity index is 415. The lowest BCUT2D eigenvalue weighted by molar-refractivity contribution is 0.402. The summed E-state index contributed by atoms with van der Waals surface area (Å²) in [5.41, 5.74) is 2.57. The molecule has 1 aromatic carbocycles. The van der Waals surface area contributed by atoms with Gasteiger partial charge in [0, 0.05) is 25.4 Å². The van der Waals surface area contributed by atoms with Crippen molar-refractivity contribution in [2.24, 2.45) is 4.99 Å². The van der Waals surface area contributed by atoms with E-state index in [0.717, 1.165) is 31.3 Å². The van der Waals surface area contributed by atoms with Gasteiger partial charge in [0.25, 0.3) is 0 Å². The molecule has 4 nitrogen and oxygen atoms in total. The molecule has 0 atom stereocenters. The van der Waals surface area contributed by atoms with Crippen molar-refractivity contribution in [1.29, 1.82) is 0 Å². The van der Waals surface area contributed by atoms with Gasteiger partial charge in [-0.1, -0.05) is 24.3 Å². The van der Waals surface area contributed by atoms with Gasteiger partial charge in [-0.2, -0.15) is 11.8 Å². The lowest BCUT2D eigenvalue weighted by Crippen LogP contribution is -2.38. The van der Waals surface area contributed by atoms with Crippen LogP contribution in [0, 0.1) is 0 Å². The van der Waals surface area contributed by atoms with Crippen molar-refractivity contribution >= 4 is 17.7 Å². The van der Waals surface area contributed by atoms with Gasteiger partial charge in [-0.15, -0.1) is 0 Å². The number of guanidine groups is 1. The van der Waals surface area contributed by atoms with Gasteiger partial charge in [0.05, 0.1) is 6.54 Å². The lowest BCUT2D eigenvalue weighted by Gasteiger charge is -2.11. The number of nitrogens with one attached hydrogen (secondary N) is 2. The highest BCUT2D eigenvalue weighted by molar-refractivity contribution is 7.98. The van der Waals surface area contributed by atoms with Crippen molar-refractivity contribution in [3.63, 3.8) is 0 Å². The molecule has 0 unspecified atom stereocenters. The molecular formula is C16H28N4S. The highest BCUT2D eigenvalue weighted by Crippen LogP contribution is 2.07. The minimum absolute atomic E-state index is 0.705. The number of rotatable bonds is 8. The van der Waals surface area contributed by atoms with E-state index in [9.17, 15) is 0 Å². The Morgan fingerprint density at radius 1 is 1.14 bits per heavy atom. The molecule has 0 aromatic heterocycles. The number of benzene rings is 1. The van der Waals surface area contributed by atoms with E-state index in [-0.39, 0.29) is 0 Å². The van der Waals surface area contributed by atoms with Crippen LogP contribution >= 0.6 is 11.8 Å². The zero-order chi connectivity index (χ0) is 15.5. The molecule has 1 aromatic rings. The Hall–Kier alpha value is -1.20. The molecule has 1 rings (SSSR count). The summed E-state index contributed by atoms with van der Waals surface area (Å²) in [5, 5.41) is 6.61. The Morgan fingerprint density at radius 3 is 2.38 bits per heavy atom. The minimum Gasteiger partial charge on any atom is -0.357 e. The van der Waals surface area contributed by atoms with Crippen molar-refractivity contribution in [2.45, 2.75) is 20.0 Å². The van der Waals surface area contributed by atoms with Gasteiger partial charge >= 0.3 is 0 Å². The second-order valence-electron chi connectivity index (χ2n) is 5.17. The van der Waals surface area contributed by atoms with Gasteiger partial charge in [-0.25, -0.2) is 4.99 Å². The monoisotopic (exact) mass is 308 g/mol. The van der Waals surface area contributed by atoms with Crippen LogP contribution in [0.5, 0.6) is 0 Å². The first-order valence-corrected chi connectivity index (χ1v) is 8.78. The van der Waals surface area contributed by atoms with E-state index in [1.807, 2.05) is 11.8 Å². The summed E-state index contributed by atoms with van der Waals surface area (Å²) in [6, 6.07) is 8.68. The highest BCUT2D eigenvalue weighted by Gasteiger charge is 1.98. The van der Waals surface area contributed by atoms with E-state index in [1.165, 1.54) is 11.1 Å². The Balaban J connectivity index is 2.54. The second-order valence-corrected chi connectivity index (χ2v) is 6.15. The zero-order valence-corrected chi connectivity index (χ0v) is 14.5. The molecule has 0 aliphatic carbocycles. The third-order valence-electron chi connectivity index (χ3n) is 2.88. The van der Waals surface area contributed by atoms with E-state index in [0.29, 0.717) is 6.54 Å². The van der Waals surface area contributed by atoms with E-state index in [1.54, 1.807) is 0 Å². The number of hydrogen-bond acceptors (Lipinski definition) is 3. The van der Waals surface area contributed by atoms with Crippen molar-refractivity contribution in [1.82, 2.24) is 15.5 Å². The average molecular weight is 308 g/mol. The predicted molar refractivity (Wildman–Crippen MR) is 95.0 cm³/mol. The van der Waals surface area contributed by atoms with Crippen molar-refractivity contribution in [3.05, 3.63) is 35.4 Å². The molecule has 118 valence electrons. The van der Waals surface area contributed by atoms with Crippen LogP contribution in [0.4, 0.5) is 0 Å². The fourth-order valence-electron chi connectivity index (χ4n) is 1.90. The molecule has 0 amide bonds. The molecule has 21 heavy (non-hydrogen) atoms. The van der Waals surface area contributed by atoms with Crippen LogP contribution in [0.15, 0.2) is 29.3 Å². The average Bonchev–Trinajstić information content (AvgIpc) is 2.46. The quantitative estimate of drug-likeness (QED) is 0.439. The molecule has 0 bridgehead atoms. The first-order valence-electron chi connectivity index (χ1n) is 7.39. The summed E-state index contributed by atoms with van der Waals surface area (Å²) in [4.78, 5) is 6.79. The number of hydrogen-bond donors (Lipinski definition) is 2. The van der Waals surface area contributed by atoms with Gasteiger partial charge in [0.2, 0.25) is 0 Å². The molecule has 2 N–H and O–H groups in total. The fraction of sp³-hybridized carbons (Fsp3) is 0.562. The standard InChI is InChI=1S/C16H28N4S/c1-5-17-16(18-10-11-21-4)19-12-14-6-8-15(9-7-14)13-20(2)3/h6-9H,5,10-13H2,1-4H3,(H2,17,18,19). The summed E-state index contributed by atoms with van der Waals surface area (Å²) in [7, 11) is 4.17. The number of nitrogens with zero attached hydrogens (tertiary/aromatic N) is 2. The largest absolute Gasteiger partial charge is 0.357 e. The first kappa shape index (κ1) is 17.9. The van der Waals surface area contributed by atoms with Gasteiger partial charge in [0.15, 0.2) is 5.96 Å². The minimum atomic E-state index is 0.705. The summed E-state index contributed by atoms with van der Waals surface area (Å²) >= 11 is 1.83. The Kier molecular flexibility index (Phi) is 8.94. The number of aliphatic imine (C=N–C) groups is 1. The van der Waals surface area contributed by atoms with Crippen LogP contribution in [0.1, 0.15) is 18.1 Å². The first-order chi connectivity index (χ1) is 10.2. The van der Waals surface area contributed by atoms with Crippen LogP contribution in [-0.4, -0.2) is 50.1 Å². The smallest absolute Gasteiger partial charge is 0.191 e. The van der Waals surface area contributed by atoms with E-state index in [2.05, 4.69) is 72.1 Å². The topological polar surface area (TPSA) is 39.7 Å². The van der Waals surface area contributed by atoms with Crippen LogP contribution in [0.2, 0.25) is 0 Å². The van der Waals surface area contributed by atoms with Crippen molar-refractivity contribution in [2.75, 3.05) is 39.2 Å². The van der Waals surface area contributed by atoms with Gasteiger partial charge in [-0.3, -0.25) is 0 Å². The molecule has 0 heterocycles. The van der Waals surface area contributed by atoms with Gasteiger partial charge in [-0.05, 0) is 38.4 Å². The summed E-state index contributed by atoms with van der Waals surface area (Å²) in [5.74, 6) is 1.98.